The Morgan fingerprint density at radius 1 is 1.08 bits per heavy atom. The van der Waals surface area contributed by atoms with E-state index in [1.807, 2.05) is 30.3 Å². The maximum absolute atomic E-state index is 12.3. The Morgan fingerprint density at radius 2 is 1.88 bits per heavy atom. The van der Waals surface area contributed by atoms with Crippen molar-refractivity contribution in [3.05, 3.63) is 59.2 Å². The number of carbonyl (C=O) groups is 2. The summed E-state index contributed by atoms with van der Waals surface area (Å²) in [4.78, 5) is 24.3. The minimum absolute atomic E-state index is 0.273. The maximum Gasteiger partial charge on any atom is 0.339 e. The fourth-order valence-electron chi connectivity index (χ4n) is 3.16. The third-order valence-electron chi connectivity index (χ3n) is 4.50. The van der Waals surface area contributed by atoms with E-state index in [2.05, 4.69) is 5.32 Å². The van der Waals surface area contributed by atoms with Gasteiger partial charge in [-0.15, -0.1) is 0 Å². The highest BCUT2D eigenvalue weighted by molar-refractivity contribution is 5.95. The first-order chi connectivity index (χ1) is 12.7. The molecule has 0 spiro atoms. The summed E-state index contributed by atoms with van der Waals surface area (Å²) in [7, 11) is 0. The smallest absolute Gasteiger partial charge is 0.339 e. The van der Waals surface area contributed by atoms with E-state index in [-0.39, 0.29) is 5.91 Å². The zero-order chi connectivity index (χ0) is 17.9. The molecule has 1 amide bonds. The standard InChI is InChI=1S/C20H19NO5/c22-19(18-12-14-3-1-2-4-15(14)20(23)26-18)21-8-7-13-5-6-16-17(11-13)25-10-9-24-16/h1-6,11,18H,7-10,12H2,(H,21,22)/t18-/m0/s1. The van der Waals surface area contributed by atoms with Gasteiger partial charge in [0.05, 0.1) is 5.56 Å². The van der Waals surface area contributed by atoms with Crippen LogP contribution < -0.4 is 14.8 Å². The average Bonchev–Trinajstić information content (AvgIpc) is 2.68. The zero-order valence-electron chi connectivity index (χ0n) is 14.2. The van der Waals surface area contributed by atoms with Gasteiger partial charge in [0.25, 0.3) is 5.91 Å². The number of benzene rings is 2. The van der Waals surface area contributed by atoms with Gasteiger partial charge in [-0.2, -0.15) is 0 Å². The van der Waals surface area contributed by atoms with Crippen molar-refractivity contribution in [3.63, 3.8) is 0 Å². The van der Waals surface area contributed by atoms with Gasteiger partial charge in [0.2, 0.25) is 0 Å². The Labute approximate surface area is 151 Å². The number of fused-ring (bicyclic) bond motifs is 2. The summed E-state index contributed by atoms with van der Waals surface area (Å²) in [5.74, 6) is 0.763. The first-order valence-corrected chi connectivity index (χ1v) is 8.66. The van der Waals surface area contributed by atoms with Crippen LogP contribution in [0.25, 0.3) is 0 Å². The maximum atomic E-state index is 12.3. The third-order valence-corrected chi connectivity index (χ3v) is 4.50. The molecular formula is C20H19NO5. The van der Waals surface area contributed by atoms with E-state index in [9.17, 15) is 9.59 Å². The van der Waals surface area contributed by atoms with Gasteiger partial charge in [-0.3, -0.25) is 4.79 Å². The number of ether oxygens (including phenoxy) is 3. The highest BCUT2D eigenvalue weighted by atomic mass is 16.6. The fourth-order valence-corrected chi connectivity index (χ4v) is 3.16. The van der Waals surface area contributed by atoms with Gasteiger partial charge in [0.1, 0.15) is 13.2 Å². The Balaban J connectivity index is 1.33. The van der Waals surface area contributed by atoms with Crippen molar-refractivity contribution >= 4 is 11.9 Å². The number of nitrogens with one attached hydrogen (secondary N) is 1. The molecule has 0 aliphatic carbocycles. The van der Waals surface area contributed by atoms with Crippen molar-refractivity contribution in [2.45, 2.75) is 18.9 Å². The molecule has 6 nitrogen and oxygen atoms in total. The van der Waals surface area contributed by atoms with Crippen LogP contribution in [0.4, 0.5) is 0 Å². The number of amides is 1. The van der Waals surface area contributed by atoms with Crippen LogP contribution in [0.3, 0.4) is 0 Å². The van der Waals surface area contributed by atoms with Gasteiger partial charge >= 0.3 is 5.97 Å². The SMILES string of the molecule is O=C1O[C@H](C(=O)NCCc2ccc3c(c2)OCCO3)Cc2ccccc21. The first-order valence-electron chi connectivity index (χ1n) is 8.66. The average molecular weight is 353 g/mol. The molecule has 0 saturated carbocycles. The molecule has 0 radical (unpaired) electrons. The van der Waals surface area contributed by atoms with E-state index in [1.54, 1.807) is 12.1 Å². The van der Waals surface area contributed by atoms with Crippen molar-refractivity contribution in [1.82, 2.24) is 5.32 Å². The lowest BCUT2D eigenvalue weighted by Gasteiger charge is -2.23. The minimum atomic E-state index is -0.780. The Bertz CT molecular complexity index is 848. The Kier molecular flexibility index (Phi) is 4.48. The molecule has 134 valence electrons. The van der Waals surface area contributed by atoms with E-state index in [0.29, 0.717) is 38.2 Å². The molecule has 2 aromatic rings. The molecular weight excluding hydrogens is 334 g/mol. The van der Waals surface area contributed by atoms with Crippen molar-refractivity contribution in [2.24, 2.45) is 0 Å². The van der Waals surface area contributed by atoms with Crippen molar-refractivity contribution in [3.8, 4) is 11.5 Å². The number of hydrogen-bond donors (Lipinski definition) is 1. The van der Waals surface area contributed by atoms with Crippen LogP contribution >= 0.6 is 0 Å². The van der Waals surface area contributed by atoms with E-state index in [0.717, 1.165) is 22.6 Å². The van der Waals surface area contributed by atoms with Crippen LogP contribution in [0.15, 0.2) is 42.5 Å². The molecule has 6 heteroatoms. The molecule has 0 unspecified atom stereocenters. The summed E-state index contributed by atoms with van der Waals surface area (Å²) < 4.78 is 16.3. The quantitative estimate of drug-likeness (QED) is 0.850. The predicted octanol–water partition coefficient (Wildman–Crippen LogP) is 1.90. The van der Waals surface area contributed by atoms with Crippen LogP contribution in [0, 0.1) is 0 Å². The largest absolute Gasteiger partial charge is 0.486 e. The second-order valence-electron chi connectivity index (χ2n) is 6.27. The second-order valence-corrected chi connectivity index (χ2v) is 6.27. The molecule has 2 aromatic carbocycles. The summed E-state index contributed by atoms with van der Waals surface area (Å²) in [5, 5.41) is 2.84. The molecule has 26 heavy (non-hydrogen) atoms. The van der Waals surface area contributed by atoms with Crippen molar-refractivity contribution < 1.29 is 23.8 Å². The normalized spacial score (nSPS) is 17.8. The molecule has 0 saturated heterocycles. The second kappa shape index (κ2) is 7.07. The van der Waals surface area contributed by atoms with Gasteiger partial charge < -0.3 is 19.5 Å². The third kappa shape index (κ3) is 3.35. The molecule has 2 aliphatic heterocycles. The van der Waals surface area contributed by atoms with Crippen LogP contribution in [0.1, 0.15) is 21.5 Å². The van der Waals surface area contributed by atoms with E-state index in [1.165, 1.54) is 0 Å². The summed E-state index contributed by atoms with van der Waals surface area (Å²) in [5.41, 5.74) is 2.42. The molecule has 0 bridgehead atoms. The number of carbonyl (C=O) groups excluding carboxylic acids is 2. The summed E-state index contributed by atoms with van der Waals surface area (Å²) in [6.45, 7) is 1.56. The fraction of sp³-hybridized carbons (Fsp3) is 0.300. The van der Waals surface area contributed by atoms with E-state index >= 15 is 0 Å². The molecule has 0 fully saturated rings. The lowest BCUT2D eigenvalue weighted by molar-refractivity contribution is -0.130. The number of hydrogen-bond acceptors (Lipinski definition) is 5. The van der Waals surface area contributed by atoms with Gasteiger partial charge in [-0.1, -0.05) is 24.3 Å². The summed E-state index contributed by atoms with van der Waals surface area (Å²) >= 11 is 0. The molecule has 1 N–H and O–H groups in total. The first kappa shape index (κ1) is 16.4. The Hall–Kier alpha value is -3.02. The lowest BCUT2D eigenvalue weighted by atomic mass is 9.98. The van der Waals surface area contributed by atoms with Crippen LogP contribution in [-0.4, -0.2) is 37.7 Å². The van der Waals surface area contributed by atoms with Crippen molar-refractivity contribution in [2.75, 3.05) is 19.8 Å². The molecule has 0 aromatic heterocycles. The van der Waals surface area contributed by atoms with E-state index in [4.69, 9.17) is 14.2 Å². The summed E-state index contributed by atoms with van der Waals surface area (Å²) in [6, 6.07) is 13.0. The summed E-state index contributed by atoms with van der Waals surface area (Å²) in [6.07, 6.45) is 0.273. The van der Waals surface area contributed by atoms with Crippen LogP contribution in [0.5, 0.6) is 11.5 Å². The molecule has 4 rings (SSSR count). The lowest BCUT2D eigenvalue weighted by Crippen LogP contribution is -2.42. The Morgan fingerprint density at radius 3 is 2.77 bits per heavy atom. The highest BCUT2D eigenvalue weighted by Gasteiger charge is 2.30. The van der Waals surface area contributed by atoms with Crippen LogP contribution in [0.2, 0.25) is 0 Å². The van der Waals surface area contributed by atoms with Gasteiger partial charge in [-0.25, -0.2) is 4.79 Å². The highest BCUT2D eigenvalue weighted by Crippen LogP contribution is 2.30. The monoisotopic (exact) mass is 353 g/mol. The molecule has 2 heterocycles. The molecule has 1 atom stereocenters. The minimum Gasteiger partial charge on any atom is -0.486 e. The number of esters is 1. The van der Waals surface area contributed by atoms with Gasteiger partial charge in [0, 0.05) is 13.0 Å². The topological polar surface area (TPSA) is 73.9 Å². The van der Waals surface area contributed by atoms with Gasteiger partial charge in [0.15, 0.2) is 17.6 Å². The van der Waals surface area contributed by atoms with Crippen molar-refractivity contribution in [1.29, 1.82) is 0 Å². The predicted molar refractivity (Wildman–Crippen MR) is 93.5 cm³/mol. The van der Waals surface area contributed by atoms with Crippen LogP contribution in [-0.2, 0) is 22.4 Å². The molecule has 2 aliphatic rings. The number of rotatable bonds is 4. The van der Waals surface area contributed by atoms with E-state index < -0.39 is 12.1 Å². The number of cyclic esters (lactones) is 1. The zero-order valence-corrected chi connectivity index (χ0v) is 14.2. The van der Waals surface area contributed by atoms with Gasteiger partial charge in [-0.05, 0) is 35.7 Å².